The van der Waals surface area contributed by atoms with E-state index in [0.29, 0.717) is 18.2 Å². The molecule has 26 heavy (non-hydrogen) atoms. The minimum Gasteiger partial charge on any atom is -0.434 e. The Balaban J connectivity index is 1.67. The molecule has 0 saturated carbocycles. The van der Waals surface area contributed by atoms with Gasteiger partial charge < -0.3 is 9.64 Å². The summed E-state index contributed by atoms with van der Waals surface area (Å²) in [5.74, 6) is 1.62. The Kier molecular flexibility index (Phi) is 3.31. The molecule has 1 aliphatic rings. The molecule has 0 spiro atoms. The predicted molar refractivity (Wildman–Crippen MR) is 98.3 cm³/mol. The summed E-state index contributed by atoms with van der Waals surface area (Å²) < 4.78 is 19.3. The van der Waals surface area contributed by atoms with Crippen LogP contribution < -0.4 is 9.64 Å². The van der Waals surface area contributed by atoms with Gasteiger partial charge in [0.25, 0.3) is 5.88 Å². The first-order chi connectivity index (χ1) is 12.8. The lowest BCUT2D eigenvalue weighted by molar-refractivity contribution is 0.452. The summed E-state index contributed by atoms with van der Waals surface area (Å²) in [4.78, 5) is 11.5. The standard InChI is InChI=1S/C21H14FN3O/c22-15-11-9-14(10-12-15)13-25-18-7-3-4-8-19(18)26-21-20(25)23-16-5-1-2-6-17(16)24-21/h1-12H,13H2. The topological polar surface area (TPSA) is 38.2 Å². The molecule has 0 unspecified atom stereocenters. The lowest BCUT2D eigenvalue weighted by Gasteiger charge is -2.31. The normalized spacial score (nSPS) is 12.4. The maximum atomic E-state index is 13.3. The van der Waals surface area contributed by atoms with Gasteiger partial charge in [-0.05, 0) is 42.0 Å². The molecule has 0 N–H and O–H groups in total. The molecule has 4 aromatic rings. The van der Waals surface area contributed by atoms with Gasteiger partial charge in [-0.2, -0.15) is 0 Å². The second kappa shape index (κ2) is 5.81. The summed E-state index contributed by atoms with van der Waals surface area (Å²) in [6.07, 6.45) is 0. The first-order valence-electron chi connectivity index (χ1n) is 8.33. The fourth-order valence-electron chi connectivity index (χ4n) is 3.14. The summed E-state index contributed by atoms with van der Waals surface area (Å²) in [6.45, 7) is 0.542. The Hall–Kier alpha value is -3.47. The lowest BCUT2D eigenvalue weighted by atomic mass is 10.1. The van der Waals surface area contributed by atoms with E-state index in [9.17, 15) is 4.39 Å². The number of anilines is 2. The van der Waals surface area contributed by atoms with Crippen LogP contribution in [0, 0.1) is 5.82 Å². The van der Waals surface area contributed by atoms with Crippen LogP contribution in [0.15, 0.2) is 72.8 Å². The predicted octanol–water partition coefficient (Wildman–Crippen LogP) is 5.21. The highest BCUT2D eigenvalue weighted by Crippen LogP contribution is 2.45. The molecule has 126 valence electrons. The summed E-state index contributed by atoms with van der Waals surface area (Å²) >= 11 is 0. The number of para-hydroxylation sites is 4. The molecule has 0 radical (unpaired) electrons. The van der Waals surface area contributed by atoms with Crippen LogP contribution in [-0.2, 0) is 6.54 Å². The Labute approximate surface area is 149 Å². The molecule has 1 aliphatic heterocycles. The second-order valence-electron chi connectivity index (χ2n) is 6.12. The van der Waals surface area contributed by atoms with E-state index in [2.05, 4.69) is 9.88 Å². The number of ether oxygens (including phenoxy) is 1. The zero-order valence-corrected chi connectivity index (χ0v) is 13.8. The van der Waals surface area contributed by atoms with E-state index in [1.54, 1.807) is 12.1 Å². The zero-order valence-electron chi connectivity index (χ0n) is 13.8. The fraction of sp³-hybridized carbons (Fsp3) is 0.0476. The molecule has 3 aromatic carbocycles. The van der Waals surface area contributed by atoms with Crippen molar-refractivity contribution in [2.24, 2.45) is 0 Å². The highest BCUT2D eigenvalue weighted by atomic mass is 19.1. The Morgan fingerprint density at radius 3 is 2.31 bits per heavy atom. The maximum absolute atomic E-state index is 13.3. The van der Waals surface area contributed by atoms with Gasteiger partial charge in [0, 0.05) is 6.54 Å². The third-order valence-electron chi connectivity index (χ3n) is 4.39. The van der Waals surface area contributed by atoms with E-state index in [0.717, 1.165) is 28.0 Å². The van der Waals surface area contributed by atoms with Crippen molar-refractivity contribution in [1.29, 1.82) is 0 Å². The largest absolute Gasteiger partial charge is 0.434 e. The molecule has 0 atom stereocenters. The van der Waals surface area contributed by atoms with Crippen LogP contribution >= 0.6 is 0 Å². The van der Waals surface area contributed by atoms with E-state index in [-0.39, 0.29) is 5.82 Å². The molecule has 0 amide bonds. The minimum atomic E-state index is -0.248. The summed E-state index contributed by atoms with van der Waals surface area (Å²) in [7, 11) is 0. The molecular formula is C21H14FN3O. The van der Waals surface area contributed by atoms with E-state index in [4.69, 9.17) is 9.72 Å². The Morgan fingerprint density at radius 1 is 0.808 bits per heavy atom. The van der Waals surface area contributed by atoms with Crippen LogP contribution in [0.2, 0.25) is 0 Å². The van der Waals surface area contributed by atoms with Crippen molar-refractivity contribution in [3.63, 3.8) is 0 Å². The van der Waals surface area contributed by atoms with Crippen molar-refractivity contribution in [3.8, 4) is 11.6 Å². The van der Waals surface area contributed by atoms with Crippen LogP contribution in [0.5, 0.6) is 11.6 Å². The molecule has 0 saturated heterocycles. The average molecular weight is 343 g/mol. The zero-order chi connectivity index (χ0) is 17.5. The van der Waals surface area contributed by atoms with E-state index >= 15 is 0 Å². The van der Waals surface area contributed by atoms with Crippen LogP contribution in [0.25, 0.3) is 11.0 Å². The number of halogens is 1. The van der Waals surface area contributed by atoms with Gasteiger partial charge in [-0.3, -0.25) is 0 Å². The second-order valence-corrected chi connectivity index (χ2v) is 6.12. The molecule has 2 heterocycles. The van der Waals surface area contributed by atoms with Crippen LogP contribution in [0.3, 0.4) is 0 Å². The average Bonchev–Trinajstić information content (AvgIpc) is 2.68. The van der Waals surface area contributed by atoms with E-state index in [1.165, 1.54) is 12.1 Å². The summed E-state index contributed by atoms with van der Waals surface area (Å²) in [6, 6.07) is 22.0. The van der Waals surface area contributed by atoms with Crippen molar-refractivity contribution in [1.82, 2.24) is 9.97 Å². The number of aromatic nitrogens is 2. The summed E-state index contributed by atoms with van der Waals surface area (Å²) in [5.41, 5.74) is 3.48. The van der Waals surface area contributed by atoms with Crippen molar-refractivity contribution >= 4 is 22.5 Å². The number of hydrogen-bond donors (Lipinski definition) is 0. The fourth-order valence-corrected chi connectivity index (χ4v) is 3.14. The molecule has 5 heteroatoms. The first kappa shape index (κ1) is 14.8. The molecule has 1 aromatic heterocycles. The highest BCUT2D eigenvalue weighted by molar-refractivity contribution is 5.82. The van der Waals surface area contributed by atoms with E-state index in [1.807, 2.05) is 48.5 Å². The van der Waals surface area contributed by atoms with E-state index < -0.39 is 0 Å². The number of rotatable bonds is 2. The van der Waals surface area contributed by atoms with Gasteiger partial charge in [0.2, 0.25) is 0 Å². The maximum Gasteiger partial charge on any atom is 0.264 e. The Morgan fingerprint density at radius 2 is 1.50 bits per heavy atom. The molecule has 5 rings (SSSR count). The monoisotopic (exact) mass is 343 g/mol. The lowest BCUT2D eigenvalue weighted by Crippen LogP contribution is -2.22. The van der Waals surface area contributed by atoms with Gasteiger partial charge in [-0.25, -0.2) is 14.4 Å². The van der Waals surface area contributed by atoms with Crippen molar-refractivity contribution in [3.05, 3.63) is 84.2 Å². The third kappa shape index (κ3) is 2.45. The molecule has 4 nitrogen and oxygen atoms in total. The van der Waals surface area contributed by atoms with Crippen LogP contribution in [-0.4, -0.2) is 9.97 Å². The van der Waals surface area contributed by atoms with Gasteiger partial charge in [-0.15, -0.1) is 0 Å². The van der Waals surface area contributed by atoms with Crippen molar-refractivity contribution < 1.29 is 9.13 Å². The minimum absolute atomic E-state index is 0.248. The molecule has 0 aliphatic carbocycles. The number of fused-ring (bicyclic) bond motifs is 3. The van der Waals surface area contributed by atoms with Crippen LogP contribution in [0.1, 0.15) is 5.56 Å². The molecule has 0 bridgehead atoms. The van der Waals surface area contributed by atoms with Crippen molar-refractivity contribution in [2.75, 3.05) is 4.90 Å². The number of nitrogens with zero attached hydrogens (tertiary/aromatic N) is 3. The smallest absolute Gasteiger partial charge is 0.264 e. The van der Waals surface area contributed by atoms with Gasteiger partial charge in [0.05, 0.1) is 16.7 Å². The molecule has 0 fully saturated rings. The Bertz CT molecular complexity index is 1110. The molecular weight excluding hydrogens is 329 g/mol. The number of hydrogen-bond acceptors (Lipinski definition) is 4. The van der Waals surface area contributed by atoms with Gasteiger partial charge in [0.15, 0.2) is 11.6 Å². The summed E-state index contributed by atoms with van der Waals surface area (Å²) in [5, 5.41) is 0. The van der Waals surface area contributed by atoms with Crippen LogP contribution in [0.4, 0.5) is 15.9 Å². The highest BCUT2D eigenvalue weighted by Gasteiger charge is 2.27. The third-order valence-corrected chi connectivity index (χ3v) is 4.39. The quantitative estimate of drug-likeness (QED) is 0.500. The number of benzene rings is 3. The van der Waals surface area contributed by atoms with Gasteiger partial charge in [0.1, 0.15) is 5.82 Å². The van der Waals surface area contributed by atoms with Crippen molar-refractivity contribution in [2.45, 2.75) is 6.54 Å². The van der Waals surface area contributed by atoms with Gasteiger partial charge in [-0.1, -0.05) is 36.4 Å². The first-order valence-corrected chi connectivity index (χ1v) is 8.33. The van der Waals surface area contributed by atoms with Gasteiger partial charge >= 0.3 is 0 Å². The SMILES string of the molecule is Fc1ccc(CN2c3ccccc3Oc3nc4ccccc4nc32)cc1.